The highest BCUT2D eigenvalue weighted by atomic mass is 15.4. The normalized spacial score (nSPS) is 15.4. The lowest BCUT2D eigenvalue weighted by Crippen LogP contribution is -2.21. The van der Waals surface area contributed by atoms with Crippen LogP contribution in [0.3, 0.4) is 0 Å². The molecule has 6 rings (SSSR count). The van der Waals surface area contributed by atoms with Crippen molar-refractivity contribution in [3.8, 4) is 11.1 Å². The summed E-state index contributed by atoms with van der Waals surface area (Å²) >= 11 is 0. The molecule has 0 radical (unpaired) electrons. The van der Waals surface area contributed by atoms with E-state index in [4.69, 9.17) is 10.1 Å². The van der Waals surface area contributed by atoms with Gasteiger partial charge in [0, 0.05) is 12.0 Å². The highest BCUT2D eigenvalue weighted by molar-refractivity contribution is 6.06. The molecule has 4 aromatic carbocycles. The molecular weight excluding hydrogens is 390 g/mol. The zero-order chi connectivity index (χ0) is 21.5. The fourth-order valence-electron chi connectivity index (χ4n) is 4.73. The number of fused-ring (bicyclic) bond motifs is 2. The van der Waals surface area contributed by atoms with Crippen LogP contribution in [0.2, 0.25) is 0 Å². The number of hydrogen-bond donors (Lipinski definition) is 0. The van der Waals surface area contributed by atoms with Crippen molar-refractivity contribution in [1.29, 1.82) is 0 Å². The Morgan fingerprint density at radius 3 is 2.19 bits per heavy atom. The first-order valence-electron chi connectivity index (χ1n) is 11.0. The fourth-order valence-corrected chi connectivity index (χ4v) is 4.73. The van der Waals surface area contributed by atoms with Gasteiger partial charge in [-0.3, -0.25) is 0 Å². The molecule has 0 spiro atoms. The Labute approximate surface area is 187 Å². The second-order valence-electron chi connectivity index (χ2n) is 8.35. The molecule has 32 heavy (non-hydrogen) atoms. The molecule has 0 amide bonds. The van der Waals surface area contributed by atoms with Gasteiger partial charge in [0.25, 0.3) is 0 Å². The molecule has 2 heterocycles. The van der Waals surface area contributed by atoms with Crippen molar-refractivity contribution in [3.05, 3.63) is 120 Å². The third-order valence-corrected chi connectivity index (χ3v) is 6.31. The van der Waals surface area contributed by atoms with E-state index >= 15 is 0 Å². The van der Waals surface area contributed by atoms with Crippen molar-refractivity contribution in [1.82, 2.24) is 9.78 Å². The molecule has 3 nitrogen and oxygen atoms in total. The standard InChI is InChI=1S/C29H23N3/c1-20-28(23-13-6-3-7-14-23)29-30-26(25-17-16-21-10-8-9-15-24(21)18-25)19-27(32(29)31-20)22-11-4-2-5-12-22/h2-18,27H,19H2,1H3/t27-/m0/s1. The molecule has 1 atom stereocenters. The van der Waals surface area contributed by atoms with Crippen LogP contribution in [0, 0.1) is 6.92 Å². The number of aliphatic imine (C=N–C) groups is 1. The maximum absolute atomic E-state index is 5.21. The molecule has 0 N–H and O–H groups in total. The Hall–Kier alpha value is -3.98. The zero-order valence-electron chi connectivity index (χ0n) is 17.9. The SMILES string of the molecule is Cc1nn2c(c1-c1ccccc1)N=C(c1ccc3ccccc3c1)C[C@H]2c1ccccc1. The topological polar surface area (TPSA) is 30.2 Å². The quantitative estimate of drug-likeness (QED) is 0.309. The van der Waals surface area contributed by atoms with Crippen molar-refractivity contribution in [2.45, 2.75) is 19.4 Å². The van der Waals surface area contributed by atoms with Crippen molar-refractivity contribution >= 4 is 22.3 Å². The number of nitrogens with zero attached hydrogens (tertiary/aromatic N) is 3. The third kappa shape index (κ3) is 3.14. The molecule has 0 fully saturated rings. The number of aromatic nitrogens is 2. The Kier molecular flexibility index (Phi) is 4.46. The average Bonchev–Trinajstić information content (AvgIpc) is 3.20. The van der Waals surface area contributed by atoms with E-state index in [1.165, 1.54) is 21.9 Å². The van der Waals surface area contributed by atoms with E-state index in [2.05, 4.69) is 109 Å². The first-order valence-corrected chi connectivity index (χ1v) is 11.0. The second kappa shape index (κ2) is 7.61. The fraction of sp³-hybridized carbons (Fsp3) is 0.103. The molecule has 0 unspecified atom stereocenters. The van der Waals surface area contributed by atoms with Gasteiger partial charge in [0.05, 0.1) is 17.4 Å². The molecular formula is C29H23N3. The second-order valence-corrected chi connectivity index (χ2v) is 8.35. The number of rotatable bonds is 3. The summed E-state index contributed by atoms with van der Waals surface area (Å²) < 4.78 is 2.12. The molecule has 0 aliphatic carbocycles. The molecule has 0 bridgehead atoms. The molecule has 5 aromatic rings. The van der Waals surface area contributed by atoms with Gasteiger partial charge in [-0.2, -0.15) is 5.10 Å². The number of hydrogen-bond acceptors (Lipinski definition) is 2. The maximum atomic E-state index is 5.21. The van der Waals surface area contributed by atoms with Gasteiger partial charge in [0.15, 0.2) is 5.82 Å². The van der Waals surface area contributed by atoms with E-state index in [-0.39, 0.29) is 6.04 Å². The lowest BCUT2D eigenvalue weighted by molar-refractivity contribution is 0.529. The van der Waals surface area contributed by atoms with Crippen LogP contribution < -0.4 is 0 Å². The molecule has 1 aliphatic heterocycles. The molecule has 3 heteroatoms. The molecule has 0 saturated heterocycles. The van der Waals surface area contributed by atoms with Gasteiger partial charge in [0.1, 0.15) is 0 Å². The van der Waals surface area contributed by atoms with Crippen LogP contribution in [0.5, 0.6) is 0 Å². The first-order chi connectivity index (χ1) is 15.8. The largest absolute Gasteiger partial charge is 0.239 e. The van der Waals surface area contributed by atoms with Crippen LogP contribution in [0.1, 0.15) is 29.3 Å². The minimum atomic E-state index is 0.112. The Bertz CT molecular complexity index is 1450. The van der Waals surface area contributed by atoms with E-state index in [0.717, 1.165) is 34.8 Å². The lowest BCUT2D eigenvalue weighted by atomic mass is 9.94. The van der Waals surface area contributed by atoms with Gasteiger partial charge in [-0.25, -0.2) is 9.67 Å². The molecule has 1 aromatic heterocycles. The van der Waals surface area contributed by atoms with Gasteiger partial charge in [0.2, 0.25) is 0 Å². The molecule has 154 valence electrons. The highest BCUT2D eigenvalue weighted by Gasteiger charge is 2.29. The first kappa shape index (κ1) is 18.8. The monoisotopic (exact) mass is 413 g/mol. The Morgan fingerprint density at radius 2 is 1.41 bits per heavy atom. The summed E-state index contributed by atoms with van der Waals surface area (Å²) in [5.74, 6) is 0.942. The number of aryl methyl sites for hydroxylation is 1. The van der Waals surface area contributed by atoms with Gasteiger partial charge in [-0.15, -0.1) is 0 Å². The summed E-state index contributed by atoms with van der Waals surface area (Å²) in [5, 5.41) is 7.46. The highest BCUT2D eigenvalue weighted by Crippen LogP contribution is 2.41. The van der Waals surface area contributed by atoms with Crippen LogP contribution in [-0.2, 0) is 0 Å². The number of benzene rings is 4. The minimum Gasteiger partial charge on any atom is -0.239 e. The predicted octanol–water partition coefficient (Wildman–Crippen LogP) is 7.13. The van der Waals surface area contributed by atoms with Crippen LogP contribution in [0.4, 0.5) is 5.82 Å². The van der Waals surface area contributed by atoms with Gasteiger partial charge < -0.3 is 0 Å². The summed E-state index contributed by atoms with van der Waals surface area (Å²) in [6, 6.07) is 36.4. The lowest BCUT2D eigenvalue weighted by Gasteiger charge is -2.25. The van der Waals surface area contributed by atoms with E-state index in [9.17, 15) is 0 Å². The van der Waals surface area contributed by atoms with Gasteiger partial charge in [-0.1, -0.05) is 97.1 Å². The van der Waals surface area contributed by atoms with Gasteiger partial charge in [-0.05, 0) is 40.5 Å². The van der Waals surface area contributed by atoms with Crippen molar-refractivity contribution in [2.24, 2.45) is 4.99 Å². The molecule has 1 aliphatic rings. The summed E-state index contributed by atoms with van der Waals surface area (Å²) in [6.07, 6.45) is 0.810. The Morgan fingerprint density at radius 1 is 0.719 bits per heavy atom. The van der Waals surface area contributed by atoms with Crippen LogP contribution in [-0.4, -0.2) is 15.5 Å². The average molecular weight is 414 g/mol. The van der Waals surface area contributed by atoms with Crippen LogP contribution >= 0.6 is 0 Å². The van der Waals surface area contributed by atoms with E-state index in [1.807, 2.05) is 6.07 Å². The third-order valence-electron chi connectivity index (χ3n) is 6.31. The molecule has 0 saturated carbocycles. The van der Waals surface area contributed by atoms with E-state index < -0.39 is 0 Å². The minimum absolute atomic E-state index is 0.112. The van der Waals surface area contributed by atoms with Crippen molar-refractivity contribution in [2.75, 3.05) is 0 Å². The predicted molar refractivity (Wildman–Crippen MR) is 132 cm³/mol. The summed E-state index contributed by atoms with van der Waals surface area (Å²) in [4.78, 5) is 5.21. The summed E-state index contributed by atoms with van der Waals surface area (Å²) in [7, 11) is 0. The summed E-state index contributed by atoms with van der Waals surface area (Å²) in [6.45, 7) is 2.08. The maximum Gasteiger partial charge on any atom is 0.159 e. The van der Waals surface area contributed by atoms with Crippen LogP contribution in [0.25, 0.3) is 21.9 Å². The van der Waals surface area contributed by atoms with Gasteiger partial charge >= 0.3 is 0 Å². The smallest absolute Gasteiger partial charge is 0.159 e. The summed E-state index contributed by atoms with van der Waals surface area (Å²) in [5.41, 5.74) is 6.81. The Balaban J connectivity index is 1.57. The van der Waals surface area contributed by atoms with E-state index in [1.54, 1.807) is 0 Å². The van der Waals surface area contributed by atoms with Crippen molar-refractivity contribution < 1.29 is 0 Å². The van der Waals surface area contributed by atoms with Crippen LogP contribution in [0.15, 0.2) is 108 Å². The van der Waals surface area contributed by atoms with Crippen molar-refractivity contribution in [3.63, 3.8) is 0 Å². The zero-order valence-corrected chi connectivity index (χ0v) is 17.9. The van der Waals surface area contributed by atoms with E-state index in [0.29, 0.717) is 0 Å².